The largest absolute Gasteiger partial charge is 0.493 e. The van der Waals surface area contributed by atoms with Crippen molar-refractivity contribution < 1.29 is 23.9 Å². The quantitative estimate of drug-likeness (QED) is 0.147. The molecule has 0 aliphatic rings. The number of hydrogen-bond acceptors (Lipinski definition) is 5. The Hall–Kier alpha value is -4.85. The first-order valence-electron chi connectivity index (χ1n) is 12.7. The van der Waals surface area contributed by atoms with Crippen LogP contribution in [0.2, 0.25) is 10.0 Å². The van der Waals surface area contributed by atoms with E-state index in [1.807, 2.05) is 0 Å². The van der Waals surface area contributed by atoms with E-state index in [4.69, 9.17) is 32.7 Å². The Kier molecular flexibility index (Phi) is 10.2. The van der Waals surface area contributed by atoms with E-state index in [1.54, 1.807) is 97.1 Å². The van der Waals surface area contributed by atoms with Gasteiger partial charge >= 0.3 is 0 Å². The molecular weight excluding hydrogens is 575 g/mol. The maximum Gasteiger partial charge on any atom is 0.272 e. The molecule has 0 aromatic heterocycles. The summed E-state index contributed by atoms with van der Waals surface area (Å²) in [5.74, 6) is -0.435. The highest BCUT2D eigenvalue weighted by molar-refractivity contribution is 6.35. The molecule has 0 fully saturated rings. The third kappa shape index (κ3) is 7.66. The normalized spacial score (nSPS) is 11.2. The molecule has 0 bridgehead atoms. The minimum Gasteiger partial charge on any atom is -0.493 e. The van der Waals surface area contributed by atoms with E-state index in [0.29, 0.717) is 49.5 Å². The second-order valence-electron chi connectivity index (χ2n) is 8.86. The molecule has 7 nitrogen and oxygen atoms in total. The average molecular weight is 601 g/mol. The topological polar surface area (TPSA) is 93.7 Å². The van der Waals surface area contributed by atoms with Crippen LogP contribution in [0, 0.1) is 0 Å². The Balaban J connectivity index is 1.55. The molecule has 0 radical (unpaired) electrons. The number of para-hydroxylation sites is 1. The van der Waals surface area contributed by atoms with Crippen molar-refractivity contribution in [1.29, 1.82) is 0 Å². The van der Waals surface area contributed by atoms with Gasteiger partial charge in [0.25, 0.3) is 11.8 Å². The zero-order valence-corrected chi connectivity index (χ0v) is 24.2. The lowest BCUT2D eigenvalue weighted by Gasteiger charge is -2.14. The number of benzene rings is 4. The first-order valence-corrected chi connectivity index (χ1v) is 13.4. The molecule has 42 heavy (non-hydrogen) atoms. The molecule has 0 aliphatic heterocycles. The van der Waals surface area contributed by atoms with E-state index in [1.165, 1.54) is 26.4 Å². The van der Waals surface area contributed by atoms with Crippen LogP contribution < -0.4 is 20.1 Å². The Bertz CT molecular complexity index is 1670. The second kappa shape index (κ2) is 14.2. The van der Waals surface area contributed by atoms with Crippen molar-refractivity contribution >= 4 is 58.6 Å². The van der Waals surface area contributed by atoms with Crippen molar-refractivity contribution in [1.82, 2.24) is 5.32 Å². The van der Waals surface area contributed by atoms with Gasteiger partial charge in [-0.1, -0.05) is 59.6 Å². The van der Waals surface area contributed by atoms with Crippen molar-refractivity contribution in [2.45, 2.75) is 0 Å². The van der Waals surface area contributed by atoms with E-state index >= 15 is 0 Å². The molecule has 4 rings (SSSR count). The predicted octanol–water partition coefficient (Wildman–Crippen LogP) is 7.32. The third-order valence-corrected chi connectivity index (χ3v) is 6.63. The van der Waals surface area contributed by atoms with E-state index in [0.717, 1.165) is 0 Å². The molecule has 0 heterocycles. The van der Waals surface area contributed by atoms with Crippen LogP contribution in [0.1, 0.15) is 31.8 Å². The third-order valence-electron chi connectivity index (χ3n) is 6.07. The highest BCUT2D eigenvalue weighted by atomic mass is 35.5. The molecule has 0 unspecified atom stereocenters. The van der Waals surface area contributed by atoms with Crippen LogP contribution in [0.4, 0.5) is 5.69 Å². The fourth-order valence-electron chi connectivity index (χ4n) is 3.94. The molecule has 9 heteroatoms. The summed E-state index contributed by atoms with van der Waals surface area (Å²) < 4.78 is 10.8. The summed E-state index contributed by atoms with van der Waals surface area (Å²) >= 11 is 12.1. The van der Waals surface area contributed by atoms with Crippen LogP contribution in [-0.2, 0) is 4.79 Å². The molecule has 0 saturated carbocycles. The summed E-state index contributed by atoms with van der Waals surface area (Å²) in [5, 5.41) is 6.39. The van der Waals surface area contributed by atoms with Gasteiger partial charge in [0.05, 0.1) is 14.2 Å². The molecule has 212 valence electrons. The average Bonchev–Trinajstić information content (AvgIpc) is 3.00. The van der Waals surface area contributed by atoms with Crippen LogP contribution in [0.15, 0.2) is 103 Å². The van der Waals surface area contributed by atoms with Crippen molar-refractivity contribution in [2.24, 2.45) is 0 Å². The van der Waals surface area contributed by atoms with E-state index in [9.17, 15) is 14.4 Å². The molecule has 0 aliphatic carbocycles. The van der Waals surface area contributed by atoms with Gasteiger partial charge in [0, 0.05) is 32.4 Å². The fourth-order valence-corrected chi connectivity index (χ4v) is 4.41. The van der Waals surface area contributed by atoms with Crippen molar-refractivity contribution in [3.63, 3.8) is 0 Å². The smallest absolute Gasteiger partial charge is 0.272 e. The Morgan fingerprint density at radius 2 is 1.50 bits per heavy atom. The molecular formula is C33H26Cl2N2O5. The van der Waals surface area contributed by atoms with E-state index in [-0.39, 0.29) is 11.5 Å². The van der Waals surface area contributed by atoms with Gasteiger partial charge in [0.1, 0.15) is 5.70 Å². The SMILES string of the molecule is COc1cccc(/C=C(\NC(=O)c2ccccc2)C(=O)Nc2ccc(C(=O)/C=C/c3ccc(Cl)cc3Cl)cc2)c1OC. The molecule has 2 N–H and O–H groups in total. The maximum absolute atomic E-state index is 13.4. The lowest BCUT2D eigenvalue weighted by Crippen LogP contribution is -2.30. The lowest BCUT2D eigenvalue weighted by atomic mass is 10.1. The van der Waals surface area contributed by atoms with Gasteiger partial charge in [-0.15, -0.1) is 0 Å². The van der Waals surface area contributed by atoms with Crippen LogP contribution in [0.5, 0.6) is 11.5 Å². The number of hydrogen-bond donors (Lipinski definition) is 2. The summed E-state index contributed by atoms with van der Waals surface area (Å²) in [6.07, 6.45) is 4.52. The summed E-state index contributed by atoms with van der Waals surface area (Å²) in [5.41, 5.74) is 2.34. The second-order valence-corrected chi connectivity index (χ2v) is 9.70. The van der Waals surface area contributed by atoms with Crippen LogP contribution in [0.3, 0.4) is 0 Å². The summed E-state index contributed by atoms with van der Waals surface area (Å²) in [6, 6.07) is 25.1. The van der Waals surface area contributed by atoms with Crippen molar-refractivity contribution in [3.05, 3.63) is 135 Å². The van der Waals surface area contributed by atoms with Gasteiger partial charge < -0.3 is 20.1 Å². The summed E-state index contributed by atoms with van der Waals surface area (Å²) in [6.45, 7) is 0. The van der Waals surface area contributed by atoms with Gasteiger partial charge in [-0.05, 0) is 78.4 Å². The molecule has 4 aromatic rings. The number of rotatable bonds is 10. The molecule has 0 atom stereocenters. The minimum atomic E-state index is -0.583. The van der Waals surface area contributed by atoms with Gasteiger partial charge in [-0.25, -0.2) is 0 Å². The maximum atomic E-state index is 13.4. The van der Waals surface area contributed by atoms with E-state index < -0.39 is 11.8 Å². The molecule has 4 aromatic carbocycles. The Morgan fingerprint density at radius 3 is 2.17 bits per heavy atom. The molecule has 2 amide bonds. The first kappa shape index (κ1) is 30.1. The monoisotopic (exact) mass is 600 g/mol. The Labute approximate surface area is 253 Å². The number of anilines is 1. The lowest BCUT2D eigenvalue weighted by molar-refractivity contribution is -0.113. The summed E-state index contributed by atoms with van der Waals surface area (Å²) in [7, 11) is 2.99. The standard InChI is InChI=1S/C33H26Cl2N2O5/c1-41-30-10-6-9-24(31(30)42-2)19-28(37-32(39)23-7-4-3-5-8-23)33(40)36-26-16-12-22(13-17-26)29(38)18-14-21-11-15-25(34)20-27(21)35/h3-20H,1-2H3,(H,36,40)(H,37,39)/b18-14+,28-19-. The van der Waals surface area contributed by atoms with E-state index in [2.05, 4.69) is 10.6 Å². The highest BCUT2D eigenvalue weighted by Crippen LogP contribution is 2.32. The van der Waals surface area contributed by atoms with Crippen LogP contribution in [-0.4, -0.2) is 31.8 Å². The van der Waals surface area contributed by atoms with Gasteiger partial charge in [0.2, 0.25) is 0 Å². The van der Waals surface area contributed by atoms with Gasteiger partial charge in [-0.2, -0.15) is 0 Å². The van der Waals surface area contributed by atoms with Crippen molar-refractivity contribution in [3.8, 4) is 11.5 Å². The molecule has 0 spiro atoms. The predicted molar refractivity (Wildman–Crippen MR) is 166 cm³/mol. The highest BCUT2D eigenvalue weighted by Gasteiger charge is 2.17. The van der Waals surface area contributed by atoms with Gasteiger partial charge in [0.15, 0.2) is 17.3 Å². The number of methoxy groups -OCH3 is 2. The number of halogens is 2. The van der Waals surface area contributed by atoms with Gasteiger partial charge in [-0.3, -0.25) is 14.4 Å². The number of ether oxygens (including phenoxy) is 2. The number of nitrogens with one attached hydrogen (secondary N) is 2. The Morgan fingerprint density at radius 1 is 0.762 bits per heavy atom. The number of carbonyl (C=O) groups excluding carboxylic acids is 3. The van der Waals surface area contributed by atoms with Crippen LogP contribution in [0.25, 0.3) is 12.2 Å². The zero-order valence-electron chi connectivity index (χ0n) is 22.7. The number of amides is 2. The summed E-state index contributed by atoms with van der Waals surface area (Å²) in [4.78, 5) is 39.0. The van der Waals surface area contributed by atoms with Crippen LogP contribution >= 0.6 is 23.2 Å². The van der Waals surface area contributed by atoms with Crippen molar-refractivity contribution in [2.75, 3.05) is 19.5 Å². The number of ketones is 1. The number of allylic oxidation sites excluding steroid dienone is 1. The fraction of sp³-hybridized carbons (Fsp3) is 0.0606. The zero-order chi connectivity index (χ0) is 30.1. The minimum absolute atomic E-state index is 0.0293. The number of carbonyl (C=O) groups is 3. The molecule has 0 saturated heterocycles. The first-order chi connectivity index (χ1) is 20.3.